The molecule has 0 aromatic heterocycles. The Bertz CT molecular complexity index is 697. The van der Waals surface area contributed by atoms with Gasteiger partial charge in [0.25, 0.3) is 0 Å². The zero-order chi connectivity index (χ0) is 19.0. The van der Waals surface area contributed by atoms with Crippen LogP contribution in [0.1, 0.15) is 46.1 Å². The molecule has 2 rings (SSSR count). The van der Waals surface area contributed by atoms with E-state index < -0.39 is 5.41 Å². The van der Waals surface area contributed by atoms with E-state index in [9.17, 15) is 14.4 Å². The lowest BCUT2D eigenvalue weighted by molar-refractivity contribution is -0.121. The van der Waals surface area contributed by atoms with E-state index in [4.69, 9.17) is 7.85 Å². The molecule has 6 heteroatoms. The van der Waals surface area contributed by atoms with Crippen molar-refractivity contribution in [2.24, 2.45) is 5.41 Å². The highest BCUT2D eigenvalue weighted by molar-refractivity contribution is 8.00. The Morgan fingerprint density at radius 2 is 1.76 bits per heavy atom. The molecule has 0 bridgehead atoms. The van der Waals surface area contributed by atoms with Crippen molar-refractivity contribution in [3.63, 3.8) is 0 Å². The molecule has 2 amide bonds. The van der Waals surface area contributed by atoms with Gasteiger partial charge >= 0.3 is 0 Å². The van der Waals surface area contributed by atoms with E-state index in [1.807, 2.05) is 32.2 Å². The summed E-state index contributed by atoms with van der Waals surface area (Å²) in [6, 6.07) is 7.43. The lowest BCUT2D eigenvalue weighted by atomic mass is 9.66. The normalized spacial score (nSPS) is 18.8. The summed E-state index contributed by atoms with van der Waals surface area (Å²) in [5, 5.41) is -0.292. The predicted molar refractivity (Wildman–Crippen MR) is 103 cm³/mol. The zero-order valence-corrected chi connectivity index (χ0v) is 16.3. The first kappa shape index (κ1) is 19.8. The molecule has 1 saturated heterocycles. The summed E-state index contributed by atoms with van der Waals surface area (Å²) in [5.41, 5.74) is 0.423. The maximum absolute atomic E-state index is 12.3. The maximum Gasteiger partial charge on any atom is 0.247 e. The van der Waals surface area contributed by atoms with Crippen LogP contribution < -0.4 is 4.90 Å². The van der Waals surface area contributed by atoms with Crippen LogP contribution >= 0.6 is 11.8 Å². The van der Waals surface area contributed by atoms with Crippen LogP contribution in [0.15, 0.2) is 24.3 Å². The van der Waals surface area contributed by atoms with Gasteiger partial charge in [-0.2, -0.15) is 11.8 Å². The molecule has 1 aromatic rings. The van der Waals surface area contributed by atoms with Gasteiger partial charge in [0.2, 0.25) is 11.8 Å². The fraction of sp³-hybridized carbons (Fsp3) is 0.526. The molecule has 0 saturated carbocycles. The molecule has 2 radical (unpaired) electrons. The first-order valence-corrected chi connectivity index (χ1v) is 9.58. The number of hydrogen-bond donors (Lipinski definition) is 0. The van der Waals surface area contributed by atoms with Gasteiger partial charge in [-0.1, -0.05) is 39.8 Å². The Balaban J connectivity index is 2.24. The maximum atomic E-state index is 12.3. The van der Waals surface area contributed by atoms with E-state index in [1.54, 1.807) is 12.1 Å². The van der Waals surface area contributed by atoms with E-state index in [-0.39, 0.29) is 34.6 Å². The summed E-state index contributed by atoms with van der Waals surface area (Å²) in [5.74, 6) is -0.314. The topological polar surface area (TPSA) is 54.5 Å². The fourth-order valence-corrected chi connectivity index (χ4v) is 4.03. The summed E-state index contributed by atoms with van der Waals surface area (Å²) in [4.78, 5) is 37.4. The number of benzene rings is 1. The molecule has 1 heterocycles. The average molecular weight is 357 g/mol. The van der Waals surface area contributed by atoms with Gasteiger partial charge in [0.05, 0.1) is 16.6 Å². The lowest BCUT2D eigenvalue weighted by Gasteiger charge is -2.34. The third-order valence-electron chi connectivity index (χ3n) is 4.85. The summed E-state index contributed by atoms with van der Waals surface area (Å²) in [6.07, 6.45) is 2.69. The van der Waals surface area contributed by atoms with Gasteiger partial charge in [-0.15, -0.1) is 0 Å². The molecule has 25 heavy (non-hydrogen) atoms. The second kappa shape index (κ2) is 6.98. The van der Waals surface area contributed by atoms with Crippen LogP contribution in [0.4, 0.5) is 5.69 Å². The van der Waals surface area contributed by atoms with E-state index >= 15 is 0 Å². The molecule has 1 aliphatic rings. The molecule has 1 aliphatic heterocycles. The van der Waals surface area contributed by atoms with E-state index in [0.29, 0.717) is 12.1 Å². The number of carbonyl (C=O) groups is 3. The smallest absolute Gasteiger partial charge is 0.247 e. The minimum atomic E-state index is -0.616. The summed E-state index contributed by atoms with van der Waals surface area (Å²) < 4.78 is 0. The monoisotopic (exact) mass is 357 g/mol. The number of amides is 2. The van der Waals surface area contributed by atoms with Gasteiger partial charge in [-0.05, 0) is 35.8 Å². The van der Waals surface area contributed by atoms with Crippen molar-refractivity contribution in [2.75, 3.05) is 11.2 Å². The predicted octanol–water partition coefficient (Wildman–Crippen LogP) is 3.07. The fourth-order valence-electron chi connectivity index (χ4n) is 3.42. The second-order valence-electron chi connectivity index (χ2n) is 7.85. The van der Waals surface area contributed by atoms with Crippen LogP contribution in [0.2, 0.25) is 0 Å². The van der Waals surface area contributed by atoms with Crippen molar-refractivity contribution in [1.82, 2.24) is 0 Å². The molecule has 132 valence electrons. The number of hydrogen-bond acceptors (Lipinski definition) is 4. The minimum Gasteiger partial charge on any atom is -0.312 e. The van der Waals surface area contributed by atoms with Gasteiger partial charge < -0.3 is 4.79 Å². The van der Waals surface area contributed by atoms with Crippen LogP contribution in [0, 0.1) is 5.41 Å². The minimum absolute atomic E-state index is 0.153. The van der Waals surface area contributed by atoms with Gasteiger partial charge in [-0.3, -0.25) is 9.59 Å². The summed E-state index contributed by atoms with van der Waals surface area (Å²) >= 11 is 1.40. The summed E-state index contributed by atoms with van der Waals surface area (Å²) in [7, 11) is 5.50. The molecule has 0 N–H and O–H groups in total. The number of rotatable bonds is 6. The number of thioether (sulfide) groups is 1. The van der Waals surface area contributed by atoms with Gasteiger partial charge in [-0.25, -0.2) is 4.90 Å². The highest BCUT2D eigenvalue weighted by Gasteiger charge is 2.39. The van der Waals surface area contributed by atoms with Crippen LogP contribution in [0.5, 0.6) is 0 Å². The highest BCUT2D eigenvalue weighted by atomic mass is 32.2. The Labute approximate surface area is 155 Å². The molecule has 1 aromatic carbocycles. The standard InChI is InChI=1S/C19H24BNO3S/c1-18(2,11-19(3,4)17(20)24)12-6-8-13(9-7-12)21-15(22)10-14(25-5)16(21)23/h6-9,14H,10-11H2,1-5H3. The Morgan fingerprint density at radius 1 is 1.20 bits per heavy atom. The SMILES string of the molecule is [B]C(=O)C(C)(C)CC(C)(C)c1ccc(N2C(=O)CC(SC)C2=O)cc1. The summed E-state index contributed by atoms with van der Waals surface area (Å²) in [6.45, 7) is 7.80. The number of carbonyl (C=O) groups excluding carboxylic acids is 3. The van der Waals surface area contributed by atoms with Crippen LogP contribution in [-0.2, 0) is 19.8 Å². The van der Waals surface area contributed by atoms with Crippen molar-refractivity contribution in [1.29, 1.82) is 0 Å². The quantitative estimate of drug-likeness (QED) is 0.580. The first-order valence-electron chi connectivity index (χ1n) is 8.29. The van der Waals surface area contributed by atoms with Crippen molar-refractivity contribution in [3.8, 4) is 0 Å². The number of anilines is 1. The first-order chi connectivity index (χ1) is 11.5. The molecule has 1 atom stereocenters. The largest absolute Gasteiger partial charge is 0.312 e. The van der Waals surface area contributed by atoms with Crippen molar-refractivity contribution in [3.05, 3.63) is 29.8 Å². The third kappa shape index (κ3) is 4.00. The van der Waals surface area contributed by atoms with Crippen molar-refractivity contribution in [2.45, 2.75) is 51.2 Å². The lowest BCUT2D eigenvalue weighted by Crippen LogP contribution is -2.33. The van der Waals surface area contributed by atoms with Crippen molar-refractivity contribution >= 4 is 42.8 Å². The van der Waals surface area contributed by atoms with E-state index in [1.165, 1.54) is 16.7 Å². The molecule has 4 nitrogen and oxygen atoms in total. The molecule has 0 aliphatic carbocycles. The van der Waals surface area contributed by atoms with Crippen molar-refractivity contribution < 1.29 is 14.4 Å². The highest BCUT2D eigenvalue weighted by Crippen LogP contribution is 2.38. The molecule has 1 fully saturated rings. The Kier molecular flexibility index (Phi) is 5.52. The van der Waals surface area contributed by atoms with E-state index in [2.05, 4.69) is 13.8 Å². The average Bonchev–Trinajstić information content (AvgIpc) is 2.80. The third-order valence-corrected chi connectivity index (χ3v) is 5.78. The number of nitrogens with zero attached hydrogens (tertiary/aromatic N) is 1. The van der Waals surface area contributed by atoms with Crippen LogP contribution in [-0.4, -0.2) is 36.8 Å². The van der Waals surface area contributed by atoms with Gasteiger partial charge in [0.15, 0.2) is 7.85 Å². The number of imide groups is 1. The Morgan fingerprint density at radius 3 is 2.20 bits per heavy atom. The zero-order valence-electron chi connectivity index (χ0n) is 15.5. The van der Waals surface area contributed by atoms with Gasteiger partial charge in [0, 0.05) is 11.8 Å². The Hall–Kier alpha value is -1.56. The van der Waals surface area contributed by atoms with Gasteiger partial charge in [0.1, 0.15) is 0 Å². The molecular weight excluding hydrogens is 333 g/mol. The van der Waals surface area contributed by atoms with Crippen LogP contribution in [0.3, 0.4) is 0 Å². The second-order valence-corrected chi connectivity index (χ2v) is 8.89. The van der Waals surface area contributed by atoms with Crippen LogP contribution in [0.25, 0.3) is 0 Å². The molecular formula is C19H24BNO3S. The van der Waals surface area contributed by atoms with E-state index in [0.717, 1.165) is 5.56 Å². The molecule has 0 spiro atoms. The molecule has 1 unspecified atom stereocenters.